The molecule has 16 heavy (non-hydrogen) atoms. The van der Waals surface area contributed by atoms with Gasteiger partial charge in [-0.25, -0.2) is 4.79 Å². The van der Waals surface area contributed by atoms with Crippen molar-refractivity contribution in [2.24, 2.45) is 0 Å². The van der Waals surface area contributed by atoms with E-state index in [1.807, 2.05) is 11.8 Å². The minimum absolute atomic E-state index is 0.184. The molecule has 0 atom stereocenters. The zero-order valence-corrected chi connectivity index (χ0v) is 10.9. The first-order valence-corrected chi connectivity index (χ1v) is 7.31. The summed E-state index contributed by atoms with van der Waals surface area (Å²) in [6.07, 6.45) is 7.03. The molecule has 1 aromatic heterocycles. The summed E-state index contributed by atoms with van der Waals surface area (Å²) in [5.41, 5.74) is 0. The fourth-order valence-electron chi connectivity index (χ4n) is 1.13. The third-order valence-electron chi connectivity index (χ3n) is 1.91. The Morgan fingerprint density at radius 1 is 1.50 bits per heavy atom. The van der Waals surface area contributed by atoms with Gasteiger partial charge in [0.15, 0.2) is 0 Å². The molecular formula is C9H16N4OS2. The second-order valence-corrected chi connectivity index (χ2v) is 4.99. The largest absolute Gasteiger partial charge is 0.338 e. The molecule has 0 saturated carbocycles. The third-order valence-corrected chi connectivity index (χ3v) is 3.19. The van der Waals surface area contributed by atoms with Gasteiger partial charge in [-0.05, 0) is 24.9 Å². The van der Waals surface area contributed by atoms with Crippen LogP contribution in [-0.2, 0) is 0 Å². The number of rotatable bonds is 7. The zero-order valence-electron chi connectivity index (χ0n) is 9.23. The van der Waals surface area contributed by atoms with Gasteiger partial charge in [-0.1, -0.05) is 10.9 Å². The van der Waals surface area contributed by atoms with Crippen molar-refractivity contribution in [1.82, 2.24) is 14.9 Å². The number of carbonyl (C=O) groups excluding carboxylic acids is 1. The number of hydrogen-bond acceptors (Lipinski definition) is 5. The summed E-state index contributed by atoms with van der Waals surface area (Å²) in [5.74, 6) is 1.19. The summed E-state index contributed by atoms with van der Waals surface area (Å²) in [5, 5.41) is 9.75. The van der Waals surface area contributed by atoms with Crippen molar-refractivity contribution < 1.29 is 4.79 Å². The average molecular weight is 260 g/mol. The van der Waals surface area contributed by atoms with E-state index in [1.54, 1.807) is 0 Å². The molecule has 0 bridgehead atoms. The number of aromatic nitrogens is 2. The fraction of sp³-hybridized carbons (Fsp3) is 0.667. The number of hydrogen-bond donors (Lipinski definition) is 2. The topological polar surface area (TPSA) is 66.9 Å². The van der Waals surface area contributed by atoms with Crippen LogP contribution >= 0.6 is 23.3 Å². The Morgan fingerprint density at radius 2 is 2.38 bits per heavy atom. The maximum Gasteiger partial charge on any atom is 0.319 e. The number of urea groups is 1. The van der Waals surface area contributed by atoms with Crippen LogP contribution in [0.15, 0.2) is 6.20 Å². The van der Waals surface area contributed by atoms with Crippen LogP contribution in [0.5, 0.6) is 0 Å². The molecule has 2 amide bonds. The number of amides is 2. The number of thioether (sulfide) groups is 1. The van der Waals surface area contributed by atoms with E-state index in [1.165, 1.54) is 29.9 Å². The highest BCUT2D eigenvalue weighted by atomic mass is 32.2. The highest BCUT2D eigenvalue weighted by Crippen LogP contribution is 2.08. The van der Waals surface area contributed by atoms with Crippen molar-refractivity contribution in [2.75, 3.05) is 23.9 Å². The lowest BCUT2D eigenvalue weighted by Gasteiger charge is -2.04. The van der Waals surface area contributed by atoms with Gasteiger partial charge in [-0.3, -0.25) is 5.32 Å². The molecule has 90 valence electrons. The van der Waals surface area contributed by atoms with E-state index in [0.717, 1.165) is 12.8 Å². The molecule has 0 unspecified atom stereocenters. The molecule has 0 radical (unpaired) electrons. The summed E-state index contributed by atoms with van der Waals surface area (Å²) < 4.78 is 3.65. The predicted molar refractivity (Wildman–Crippen MR) is 69.2 cm³/mol. The maximum absolute atomic E-state index is 11.3. The molecular weight excluding hydrogens is 244 g/mol. The van der Waals surface area contributed by atoms with Crippen molar-refractivity contribution in [3.05, 3.63) is 6.20 Å². The lowest BCUT2D eigenvalue weighted by molar-refractivity contribution is 0.252. The van der Waals surface area contributed by atoms with E-state index in [0.29, 0.717) is 11.5 Å². The molecule has 0 aliphatic heterocycles. The van der Waals surface area contributed by atoms with E-state index >= 15 is 0 Å². The van der Waals surface area contributed by atoms with Crippen LogP contribution in [0, 0.1) is 0 Å². The van der Waals surface area contributed by atoms with Gasteiger partial charge in [0.25, 0.3) is 0 Å². The van der Waals surface area contributed by atoms with Gasteiger partial charge in [0.1, 0.15) is 5.00 Å². The summed E-state index contributed by atoms with van der Waals surface area (Å²) in [6.45, 7) is 0.715. The van der Waals surface area contributed by atoms with Gasteiger partial charge in [0.05, 0.1) is 6.20 Å². The van der Waals surface area contributed by atoms with Crippen LogP contribution in [0.2, 0.25) is 0 Å². The molecule has 5 nitrogen and oxygen atoms in total. The first-order chi connectivity index (χ1) is 7.83. The van der Waals surface area contributed by atoms with Crippen LogP contribution in [0.4, 0.5) is 9.80 Å². The van der Waals surface area contributed by atoms with Gasteiger partial charge >= 0.3 is 6.03 Å². The van der Waals surface area contributed by atoms with Crippen molar-refractivity contribution in [3.63, 3.8) is 0 Å². The maximum atomic E-state index is 11.3. The Labute approximate surface area is 104 Å². The number of carbonyl (C=O) groups is 1. The smallest absolute Gasteiger partial charge is 0.319 e. The number of unbranched alkanes of at least 4 members (excludes halogenated alkanes) is 2. The summed E-state index contributed by atoms with van der Waals surface area (Å²) >= 11 is 3.02. The van der Waals surface area contributed by atoms with Crippen molar-refractivity contribution in [3.8, 4) is 0 Å². The molecule has 0 aliphatic rings. The van der Waals surface area contributed by atoms with E-state index in [-0.39, 0.29) is 6.03 Å². The molecule has 1 heterocycles. The van der Waals surface area contributed by atoms with Gasteiger partial charge in [-0.15, -0.1) is 5.10 Å². The van der Waals surface area contributed by atoms with Crippen molar-refractivity contribution in [1.29, 1.82) is 0 Å². The molecule has 7 heteroatoms. The number of nitrogens with zero attached hydrogens (tertiary/aromatic N) is 2. The Balaban J connectivity index is 1.98. The standard InChI is InChI=1S/C9H16N4OS2/c1-15-6-4-2-3-5-10-9(14)12-8-7-11-13-16-8/h7H,2-6H2,1H3,(H2,10,12,14). The number of nitrogens with one attached hydrogen (secondary N) is 2. The second kappa shape index (κ2) is 8.35. The molecule has 1 aromatic rings. The van der Waals surface area contributed by atoms with Crippen LogP contribution < -0.4 is 10.6 Å². The first-order valence-electron chi connectivity index (χ1n) is 5.14. The SMILES string of the molecule is CSCCCCCNC(=O)Nc1cnns1. The van der Waals surface area contributed by atoms with E-state index < -0.39 is 0 Å². The van der Waals surface area contributed by atoms with Crippen molar-refractivity contribution in [2.45, 2.75) is 19.3 Å². The van der Waals surface area contributed by atoms with Gasteiger partial charge in [-0.2, -0.15) is 11.8 Å². The normalized spacial score (nSPS) is 10.1. The third kappa shape index (κ3) is 5.92. The Kier molecular flexibility index (Phi) is 6.91. The summed E-state index contributed by atoms with van der Waals surface area (Å²) in [7, 11) is 0. The molecule has 0 aromatic carbocycles. The summed E-state index contributed by atoms with van der Waals surface area (Å²) in [4.78, 5) is 11.3. The zero-order chi connectivity index (χ0) is 11.6. The first kappa shape index (κ1) is 13.2. The molecule has 0 aliphatic carbocycles. The monoisotopic (exact) mass is 260 g/mol. The minimum atomic E-state index is -0.184. The van der Waals surface area contributed by atoms with Gasteiger partial charge < -0.3 is 5.32 Å². The van der Waals surface area contributed by atoms with Crippen LogP contribution in [-0.4, -0.2) is 34.2 Å². The highest BCUT2D eigenvalue weighted by molar-refractivity contribution is 7.98. The Bertz CT molecular complexity index is 292. The predicted octanol–water partition coefficient (Wildman–Crippen LogP) is 2.19. The van der Waals surface area contributed by atoms with E-state index in [4.69, 9.17) is 0 Å². The molecule has 0 saturated heterocycles. The van der Waals surface area contributed by atoms with Crippen LogP contribution in [0.1, 0.15) is 19.3 Å². The molecule has 1 rings (SSSR count). The molecule has 0 fully saturated rings. The quantitative estimate of drug-likeness (QED) is 0.738. The van der Waals surface area contributed by atoms with Crippen LogP contribution in [0.25, 0.3) is 0 Å². The minimum Gasteiger partial charge on any atom is -0.338 e. The van der Waals surface area contributed by atoms with Gasteiger partial charge in [0.2, 0.25) is 0 Å². The lowest BCUT2D eigenvalue weighted by atomic mass is 10.2. The number of anilines is 1. The Morgan fingerprint density at radius 3 is 3.06 bits per heavy atom. The second-order valence-electron chi connectivity index (χ2n) is 3.22. The van der Waals surface area contributed by atoms with Crippen LogP contribution in [0.3, 0.4) is 0 Å². The lowest BCUT2D eigenvalue weighted by Crippen LogP contribution is -2.29. The molecule has 0 spiro atoms. The van der Waals surface area contributed by atoms with Gasteiger partial charge in [0, 0.05) is 18.1 Å². The van der Waals surface area contributed by atoms with E-state index in [2.05, 4.69) is 26.5 Å². The summed E-state index contributed by atoms with van der Waals surface area (Å²) in [6, 6.07) is -0.184. The highest BCUT2D eigenvalue weighted by Gasteiger charge is 2.01. The Hall–Kier alpha value is -0.820. The fourth-order valence-corrected chi connectivity index (χ4v) is 2.04. The average Bonchev–Trinajstić information content (AvgIpc) is 2.76. The van der Waals surface area contributed by atoms with E-state index in [9.17, 15) is 4.79 Å². The molecule has 2 N–H and O–H groups in total. The van der Waals surface area contributed by atoms with Crippen molar-refractivity contribution >= 4 is 34.3 Å².